The largest absolute Gasteiger partial charge is 0.435 e. The summed E-state index contributed by atoms with van der Waals surface area (Å²) >= 11 is 2.51. The van der Waals surface area contributed by atoms with Crippen LogP contribution in [0.25, 0.3) is 11.4 Å². The maximum Gasteiger partial charge on any atom is 0.387 e. The number of halogens is 2. The smallest absolute Gasteiger partial charge is 0.387 e. The molecule has 0 fully saturated rings. The van der Waals surface area contributed by atoms with Crippen molar-refractivity contribution < 1.29 is 18.3 Å². The van der Waals surface area contributed by atoms with Gasteiger partial charge in [0.1, 0.15) is 10.8 Å². The Morgan fingerprint density at radius 3 is 2.63 bits per heavy atom. The molecule has 8 nitrogen and oxygen atoms in total. The van der Waals surface area contributed by atoms with Crippen LogP contribution in [0.15, 0.2) is 29.4 Å². The number of amides is 1. The summed E-state index contributed by atoms with van der Waals surface area (Å²) in [6.45, 7) is -1.07. The van der Waals surface area contributed by atoms with Gasteiger partial charge in [0, 0.05) is 12.6 Å². The average molecular weight is 412 g/mol. The molecule has 0 radical (unpaired) electrons. The van der Waals surface area contributed by atoms with Gasteiger partial charge in [-0.05, 0) is 31.2 Å². The number of carbonyl (C=O) groups excluding carboxylic acids is 1. The summed E-state index contributed by atoms with van der Waals surface area (Å²) in [4.78, 5) is 12.0. The average Bonchev–Trinajstić information content (AvgIpc) is 3.19. The second-order valence-corrected chi connectivity index (χ2v) is 7.36. The molecule has 2 aromatic heterocycles. The normalized spacial score (nSPS) is 11.0. The number of carbonyl (C=O) groups is 1. The number of rotatable bonds is 7. The zero-order chi connectivity index (χ0) is 19.4. The third-order valence-corrected chi connectivity index (χ3v) is 5.05. The molecule has 1 aromatic carbocycles. The van der Waals surface area contributed by atoms with E-state index in [1.54, 1.807) is 30.7 Å². The Labute approximate surface area is 161 Å². The summed E-state index contributed by atoms with van der Waals surface area (Å²) in [7, 11) is 1.76. The molecule has 0 aliphatic carbocycles. The Morgan fingerprint density at radius 2 is 2.00 bits per heavy atom. The van der Waals surface area contributed by atoms with Crippen LogP contribution in [0.5, 0.6) is 5.75 Å². The van der Waals surface area contributed by atoms with Gasteiger partial charge in [0.05, 0.1) is 5.75 Å². The predicted molar refractivity (Wildman–Crippen MR) is 97.1 cm³/mol. The fourth-order valence-corrected chi connectivity index (χ4v) is 3.43. The molecule has 0 aliphatic heterocycles. The van der Waals surface area contributed by atoms with Gasteiger partial charge in [-0.1, -0.05) is 23.1 Å². The van der Waals surface area contributed by atoms with Crippen LogP contribution < -0.4 is 10.1 Å². The Bertz CT molecular complexity index is 929. The van der Waals surface area contributed by atoms with Crippen molar-refractivity contribution in [2.24, 2.45) is 7.05 Å². The van der Waals surface area contributed by atoms with E-state index < -0.39 is 6.61 Å². The summed E-state index contributed by atoms with van der Waals surface area (Å²) in [5.74, 6) is 0.510. The maximum atomic E-state index is 12.2. The van der Waals surface area contributed by atoms with Crippen molar-refractivity contribution in [3.05, 3.63) is 29.3 Å². The summed E-state index contributed by atoms with van der Waals surface area (Å²) in [6.07, 6.45) is 0. The van der Waals surface area contributed by atoms with Crippen molar-refractivity contribution in [3.63, 3.8) is 0 Å². The molecule has 0 aliphatic rings. The number of hydrogen-bond donors (Lipinski definition) is 1. The molecule has 0 atom stereocenters. The molecule has 0 bridgehead atoms. The third-order valence-electron chi connectivity index (χ3n) is 3.28. The highest BCUT2D eigenvalue weighted by Gasteiger charge is 2.14. The molecular weight excluding hydrogens is 398 g/mol. The van der Waals surface area contributed by atoms with Crippen LogP contribution in [0.4, 0.5) is 13.9 Å². The fraction of sp³-hybridized carbons (Fsp3) is 0.267. The zero-order valence-electron chi connectivity index (χ0n) is 14.2. The maximum absolute atomic E-state index is 12.2. The standard InChI is InChI=1S/C15H14F2N6O2S2/c1-8-19-21-14(27-8)18-11(24)7-26-15-22-20-12(23(15)2)9-3-5-10(6-4-9)25-13(16)17/h3-6,13H,7H2,1-2H3,(H,18,21,24). The summed E-state index contributed by atoms with van der Waals surface area (Å²) < 4.78 is 30.5. The van der Waals surface area contributed by atoms with E-state index in [2.05, 4.69) is 30.4 Å². The Kier molecular flexibility index (Phi) is 5.96. The van der Waals surface area contributed by atoms with Gasteiger partial charge in [-0.25, -0.2) is 0 Å². The van der Waals surface area contributed by atoms with E-state index in [1.165, 1.54) is 35.2 Å². The number of hydrogen-bond acceptors (Lipinski definition) is 8. The number of anilines is 1. The molecule has 0 saturated carbocycles. The lowest BCUT2D eigenvalue weighted by Crippen LogP contribution is -2.14. The minimum atomic E-state index is -2.87. The quantitative estimate of drug-likeness (QED) is 0.596. The number of benzene rings is 1. The van der Waals surface area contributed by atoms with Crippen molar-refractivity contribution in [1.29, 1.82) is 0 Å². The lowest BCUT2D eigenvalue weighted by atomic mass is 10.2. The number of alkyl halides is 2. The number of aromatic nitrogens is 5. The Balaban J connectivity index is 1.62. The van der Waals surface area contributed by atoms with Gasteiger partial charge in [0.2, 0.25) is 11.0 Å². The monoisotopic (exact) mass is 412 g/mol. The molecule has 3 rings (SSSR count). The van der Waals surface area contributed by atoms with Crippen LogP contribution in [0, 0.1) is 6.92 Å². The number of ether oxygens (including phenoxy) is 1. The van der Waals surface area contributed by atoms with Gasteiger partial charge < -0.3 is 9.30 Å². The number of aryl methyl sites for hydroxylation is 1. The molecule has 0 saturated heterocycles. The molecule has 2 heterocycles. The SMILES string of the molecule is Cc1nnc(NC(=O)CSc2nnc(-c3ccc(OC(F)F)cc3)n2C)s1. The number of thioether (sulfide) groups is 1. The van der Waals surface area contributed by atoms with Gasteiger partial charge >= 0.3 is 6.61 Å². The third kappa shape index (κ3) is 4.98. The van der Waals surface area contributed by atoms with E-state index in [0.29, 0.717) is 21.7 Å². The molecule has 12 heteroatoms. The first-order chi connectivity index (χ1) is 12.9. The van der Waals surface area contributed by atoms with E-state index in [4.69, 9.17) is 0 Å². The molecule has 3 aromatic rings. The van der Waals surface area contributed by atoms with Crippen LogP contribution in [0.1, 0.15) is 5.01 Å². The lowest BCUT2D eigenvalue weighted by Gasteiger charge is -2.06. The minimum absolute atomic E-state index is 0.0640. The molecule has 0 spiro atoms. The van der Waals surface area contributed by atoms with Gasteiger partial charge in [0.15, 0.2) is 11.0 Å². The molecule has 0 unspecified atom stereocenters. The minimum Gasteiger partial charge on any atom is -0.435 e. The number of nitrogens with zero attached hydrogens (tertiary/aromatic N) is 5. The van der Waals surface area contributed by atoms with Gasteiger partial charge in [-0.3, -0.25) is 10.1 Å². The van der Waals surface area contributed by atoms with Crippen molar-refractivity contribution in [3.8, 4) is 17.1 Å². The van der Waals surface area contributed by atoms with E-state index >= 15 is 0 Å². The van der Waals surface area contributed by atoms with E-state index in [1.807, 2.05) is 0 Å². The Morgan fingerprint density at radius 1 is 1.26 bits per heavy atom. The van der Waals surface area contributed by atoms with E-state index in [9.17, 15) is 13.6 Å². The van der Waals surface area contributed by atoms with E-state index in [0.717, 1.165) is 5.01 Å². The summed E-state index contributed by atoms with van der Waals surface area (Å²) in [5, 5.41) is 20.2. The van der Waals surface area contributed by atoms with Gasteiger partial charge in [-0.2, -0.15) is 8.78 Å². The fourth-order valence-electron chi connectivity index (χ4n) is 2.11. The zero-order valence-corrected chi connectivity index (χ0v) is 15.9. The van der Waals surface area contributed by atoms with Crippen LogP contribution in [-0.4, -0.2) is 43.2 Å². The van der Waals surface area contributed by atoms with Crippen LogP contribution in [0.3, 0.4) is 0 Å². The first kappa shape index (κ1) is 19.2. The second-order valence-electron chi connectivity index (χ2n) is 5.23. The molecular formula is C15H14F2N6O2S2. The highest BCUT2D eigenvalue weighted by Crippen LogP contribution is 2.25. The molecule has 27 heavy (non-hydrogen) atoms. The van der Waals surface area contributed by atoms with E-state index in [-0.39, 0.29) is 17.4 Å². The Hall–Kier alpha value is -2.60. The number of nitrogens with one attached hydrogen (secondary N) is 1. The van der Waals surface area contributed by atoms with Crippen LogP contribution in [-0.2, 0) is 11.8 Å². The first-order valence-corrected chi connectivity index (χ1v) is 9.40. The van der Waals surface area contributed by atoms with Gasteiger partial charge in [-0.15, -0.1) is 20.4 Å². The highest BCUT2D eigenvalue weighted by molar-refractivity contribution is 7.99. The van der Waals surface area contributed by atoms with Crippen molar-refractivity contribution >= 4 is 34.1 Å². The molecule has 1 amide bonds. The van der Waals surface area contributed by atoms with Crippen molar-refractivity contribution in [2.75, 3.05) is 11.1 Å². The second kappa shape index (κ2) is 8.39. The van der Waals surface area contributed by atoms with Crippen molar-refractivity contribution in [2.45, 2.75) is 18.7 Å². The van der Waals surface area contributed by atoms with Gasteiger partial charge in [0.25, 0.3) is 0 Å². The van der Waals surface area contributed by atoms with Crippen molar-refractivity contribution in [1.82, 2.24) is 25.0 Å². The van der Waals surface area contributed by atoms with Crippen LogP contribution >= 0.6 is 23.1 Å². The predicted octanol–water partition coefficient (Wildman–Crippen LogP) is 2.97. The van der Waals surface area contributed by atoms with Crippen LogP contribution in [0.2, 0.25) is 0 Å². The summed E-state index contributed by atoms with van der Waals surface area (Å²) in [5.41, 5.74) is 0.687. The highest BCUT2D eigenvalue weighted by atomic mass is 32.2. The topological polar surface area (TPSA) is 94.8 Å². The molecule has 142 valence electrons. The molecule has 1 N–H and O–H groups in total. The summed E-state index contributed by atoms with van der Waals surface area (Å²) in [6, 6.07) is 6.09. The first-order valence-electron chi connectivity index (χ1n) is 7.60. The lowest BCUT2D eigenvalue weighted by molar-refractivity contribution is -0.113.